The normalized spacial score (nSPS) is 20.0. The van der Waals surface area contributed by atoms with E-state index in [0.29, 0.717) is 13.1 Å². The molecule has 1 fully saturated rings. The fraction of sp³-hybridized carbons (Fsp3) is 0.833. The zero-order valence-corrected chi connectivity index (χ0v) is 6.62. The average Bonchev–Trinajstić information content (AvgIpc) is 2.05. The minimum absolute atomic E-state index is 0.432. The van der Waals surface area contributed by atoms with Crippen molar-refractivity contribution in [2.75, 3.05) is 33.2 Å². The largest absolute Gasteiger partial charge is 0.428 e. The van der Waals surface area contributed by atoms with Crippen LogP contribution in [-0.2, 0) is 4.84 Å². The molecule has 0 spiro atoms. The summed E-state index contributed by atoms with van der Waals surface area (Å²) >= 11 is 0. The van der Waals surface area contributed by atoms with Gasteiger partial charge in [0.1, 0.15) is 0 Å². The number of likely N-dealkylation sites (N-methyl/N-ethyl adjacent to an activating group) is 1. The molecule has 0 aromatic heterocycles. The van der Waals surface area contributed by atoms with Crippen LogP contribution in [-0.4, -0.2) is 49.1 Å². The third-order valence-corrected chi connectivity index (χ3v) is 1.86. The summed E-state index contributed by atoms with van der Waals surface area (Å²) in [4.78, 5) is 18.7. The number of hydrogen-bond acceptors (Lipinski definition) is 4. The number of rotatable bonds is 0. The van der Waals surface area contributed by atoms with Gasteiger partial charge in [0, 0.05) is 26.2 Å². The van der Waals surface area contributed by atoms with Gasteiger partial charge in [0.2, 0.25) is 0 Å². The Labute approximate surface area is 65.6 Å². The topological polar surface area (TPSA) is 58.8 Å². The highest BCUT2D eigenvalue weighted by Crippen LogP contribution is 1.99. The van der Waals surface area contributed by atoms with Gasteiger partial charge in [-0.25, -0.2) is 4.79 Å². The van der Waals surface area contributed by atoms with Crippen LogP contribution >= 0.6 is 0 Å². The molecule has 1 saturated heterocycles. The second kappa shape index (κ2) is 3.54. The molecule has 0 bridgehead atoms. The minimum atomic E-state index is -0.432. The molecule has 0 aliphatic carbocycles. The predicted octanol–water partition coefficient (Wildman–Crippen LogP) is -0.756. The molecule has 64 valence electrons. The lowest BCUT2D eigenvalue weighted by Crippen LogP contribution is -2.47. The highest BCUT2D eigenvalue weighted by molar-refractivity contribution is 5.67. The Morgan fingerprint density at radius 3 is 2.36 bits per heavy atom. The molecule has 1 heterocycles. The van der Waals surface area contributed by atoms with Crippen LogP contribution in [0.5, 0.6) is 0 Å². The van der Waals surface area contributed by atoms with Gasteiger partial charge in [-0.2, -0.15) is 5.90 Å². The van der Waals surface area contributed by atoms with Crippen molar-refractivity contribution in [2.45, 2.75) is 0 Å². The fourth-order valence-corrected chi connectivity index (χ4v) is 1.06. The summed E-state index contributed by atoms with van der Waals surface area (Å²) in [6.07, 6.45) is -0.432. The summed E-state index contributed by atoms with van der Waals surface area (Å²) in [5.41, 5.74) is 0. The van der Waals surface area contributed by atoms with Crippen molar-refractivity contribution in [3.63, 3.8) is 0 Å². The number of piperazine rings is 1. The SMILES string of the molecule is CN1CCN(C(=O)ON)CC1. The smallest absolute Gasteiger partial charge is 0.357 e. The van der Waals surface area contributed by atoms with Gasteiger partial charge >= 0.3 is 6.09 Å². The van der Waals surface area contributed by atoms with Crippen LogP contribution in [0, 0.1) is 0 Å². The van der Waals surface area contributed by atoms with Crippen molar-refractivity contribution < 1.29 is 9.63 Å². The Bertz CT molecular complexity index is 143. The van der Waals surface area contributed by atoms with Crippen molar-refractivity contribution in [1.82, 2.24) is 9.80 Å². The van der Waals surface area contributed by atoms with E-state index in [9.17, 15) is 4.79 Å². The Balaban J connectivity index is 2.33. The number of amides is 1. The van der Waals surface area contributed by atoms with Crippen molar-refractivity contribution in [1.29, 1.82) is 0 Å². The molecule has 0 unspecified atom stereocenters. The first kappa shape index (κ1) is 8.29. The van der Waals surface area contributed by atoms with E-state index in [4.69, 9.17) is 5.90 Å². The van der Waals surface area contributed by atoms with Crippen LogP contribution in [0.4, 0.5) is 4.79 Å². The van der Waals surface area contributed by atoms with Crippen LogP contribution in [0.25, 0.3) is 0 Å². The van der Waals surface area contributed by atoms with Gasteiger partial charge in [-0.15, -0.1) is 0 Å². The van der Waals surface area contributed by atoms with Crippen molar-refractivity contribution in [2.24, 2.45) is 5.90 Å². The molecule has 1 rings (SSSR count). The fourth-order valence-electron chi connectivity index (χ4n) is 1.06. The lowest BCUT2D eigenvalue weighted by atomic mass is 10.3. The zero-order chi connectivity index (χ0) is 8.27. The maximum Gasteiger partial charge on any atom is 0.428 e. The molecule has 0 radical (unpaired) electrons. The van der Waals surface area contributed by atoms with Crippen LogP contribution in [0.3, 0.4) is 0 Å². The van der Waals surface area contributed by atoms with E-state index in [1.54, 1.807) is 4.90 Å². The Kier molecular flexibility index (Phi) is 2.67. The van der Waals surface area contributed by atoms with E-state index >= 15 is 0 Å². The Morgan fingerprint density at radius 1 is 1.36 bits per heavy atom. The van der Waals surface area contributed by atoms with Crippen LogP contribution in [0.2, 0.25) is 0 Å². The van der Waals surface area contributed by atoms with E-state index in [2.05, 4.69) is 9.74 Å². The molecular weight excluding hydrogens is 146 g/mol. The lowest BCUT2D eigenvalue weighted by Gasteiger charge is -2.30. The minimum Gasteiger partial charge on any atom is -0.357 e. The molecule has 0 aromatic rings. The molecule has 11 heavy (non-hydrogen) atoms. The molecule has 5 nitrogen and oxygen atoms in total. The van der Waals surface area contributed by atoms with Gasteiger partial charge in [0.15, 0.2) is 0 Å². The van der Waals surface area contributed by atoms with Crippen molar-refractivity contribution in [3.8, 4) is 0 Å². The van der Waals surface area contributed by atoms with Gasteiger partial charge in [-0.3, -0.25) is 0 Å². The van der Waals surface area contributed by atoms with Crippen molar-refractivity contribution >= 4 is 6.09 Å². The first-order valence-electron chi connectivity index (χ1n) is 3.58. The summed E-state index contributed by atoms with van der Waals surface area (Å²) < 4.78 is 0. The molecule has 2 N–H and O–H groups in total. The summed E-state index contributed by atoms with van der Waals surface area (Å²) in [7, 11) is 2.02. The molecule has 0 aromatic carbocycles. The summed E-state index contributed by atoms with van der Waals surface area (Å²) in [6, 6.07) is 0. The van der Waals surface area contributed by atoms with E-state index in [-0.39, 0.29) is 0 Å². The summed E-state index contributed by atoms with van der Waals surface area (Å²) in [6.45, 7) is 3.17. The monoisotopic (exact) mass is 159 g/mol. The van der Waals surface area contributed by atoms with E-state index in [1.807, 2.05) is 7.05 Å². The Morgan fingerprint density at radius 2 is 1.91 bits per heavy atom. The second-order valence-electron chi connectivity index (χ2n) is 2.67. The third-order valence-electron chi connectivity index (χ3n) is 1.86. The highest BCUT2D eigenvalue weighted by Gasteiger charge is 2.19. The second-order valence-corrected chi connectivity index (χ2v) is 2.67. The number of nitrogens with two attached hydrogens (primary N) is 1. The van der Waals surface area contributed by atoms with Crippen molar-refractivity contribution in [3.05, 3.63) is 0 Å². The average molecular weight is 159 g/mol. The maximum absolute atomic E-state index is 10.8. The van der Waals surface area contributed by atoms with E-state index in [0.717, 1.165) is 13.1 Å². The first-order valence-corrected chi connectivity index (χ1v) is 3.58. The summed E-state index contributed by atoms with van der Waals surface area (Å²) in [5.74, 6) is 4.73. The number of carbonyl (C=O) groups is 1. The zero-order valence-electron chi connectivity index (χ0n) is 6.62. The number of nitrogens with zero attached hydrogens (tertiary/aromatic N) is 2. The molecule has 1 amide bonds. The van der Waals surface area contributed by atoms with E-state index in [1.165, 1.54) is 0 Å². The van der Waals surface area contributed by atoms with Gasteiger partial charge < -0.3 is 14.6 Å². The first-order chi connectivity index (χ1) is 5.24. The van der Waals surface area contributed by atoms with Crippen LogP contribution < -0.4 is 5.90 Å². The highest BCUT2D eigenvalue weighted by atomic mass is 16.7. The Hall–Kier alpha value is -0.810. The standard InChI is InChI=1S/C6H13N3O2/c1-8-2-4-9(5-3-8)6(10)11-7/h2-5,7H2,1H3. The maximum atomic E-state index is 10.8. The molecule has 0 atom stereocenters. The van der Waals surface area contributed by atoms with Crippen LogP contribution in [0.1, 0.15) is 0 Å². The molecular formula is C6H13N3O2. The van der Waals surface area contributed by atoms with Crippen LogP contribution in [0.15, 0.2) is 0 Å². The summed E-state index contributed by atoms with van der Waals surface area (Å²) in [5, 5.41) is 0. The van der Waals surface area contributed by atoms with Gasteiger partial charge in [-0.05, 0) is 7.05 Å². The van der Waals surface area contributed by atoms with Gasteiger partial charge in [-0.1, -0.05) is 0 Å². The third kappa shape index (κ3) is 2.06. The number of carbonyl (C=O) groups excluding carboxylic acids is 1. The molecule has 1 aliphatic rings. The van der Waals surface area contributed by atoms with Gasteiger partial charge in [0.25, 0.3) is 0 Å². The predicted molar refractivity (Wildman–Crippen MR) is 39.7 cm³/mol. The lowest BCUT2D eigenvalue weighted by molar-refractivity contribution is 0.0821. The quantitative estimate of drug-likeness (QED) is 0.472. The molecule has 5 heteroatoms. The number of hydrogen-bond donors (Lipinski definition) is 1. The van der Waals surface area contributed by atoms with Gasteiger partial charge in [0.05, 0.1) is 0 Å². The van der Waals surface area contributed by atoms with E-state index < -0.39 is 6.09 Å². The molecule has 0 saturated carbocycles. The molecule has 1 aliphatic heterocycles.